The third-order valence-electron chi connectivity index (χ3n) is 7.42. The van der Waals surface area contributed by atoms with Gasteiger partial charge in [0.15, 0.2) is 0 Å². The van der Waals surface area contributed by atoms with Gasteiger partial charge in [0.2, 0.25) is 11.8 Å². The summed E-state index contributed by atoms with van der Waals surface area (Å²) in [7, 11) is 1.77. The number of fused-ring (bicyclic) bond motifs is 3. The van der Waals surface area contributed by atoms with Crippen LogP contribution < -0.4 is 10.6 Å². The smallest absolute Gasteiger partial charge is 0.245 e. The van der Waals surface area contributed by atoms with Crippen molar-refractivity contribution in [3.05, 3.63) is 35.9 Å². The fourth-order valence-electron chi connectivity index (χ4n) is 5.53. The Balaban J connectivity index is 1.41. The van der Waals surface area contributed by atoms with Gasteiger partial charge in [-0.15, -0.1) is 0 Å². The molecule has 0 aromatic heterocycles. The van der Waals surface area contributed by atoms with Crippen molar-refractivity contribution in [2.24, 2.45) is 5.92 Å². The number of likely N-dealkylation sites (tertiary alicyclic amines) is 1. The Morgan fingerprint density at radius 2 is 2.00 bits per heavy atom. The number of likely N-dealkylation sites (N-methyl/N-ethyl adjacent to an activating group) is 1. The topological polar surface area (TPSA) is 64.7 Å². The minimum absolute atomic E-state index is 0.0850. The van der Waals surface area contributed by atoms with Crippen LogP contribution in [-0.4, -0.2) is 72.5 Å². The lowest BCUT2D eigenvalue weighted by atomic mass is 9.90. The highest BCUT2D eigenvalue weighted by molar-refractivity contribution is 5.90. The van der Waals surface area contributed by atoms with Crippen molar-refractivity contribution >= 4 is 11.8 Å². The van der Waals surface area contributed by atoms with Crippen LogP contribution in [0.2, 0.25) is 0 Å². The fraction of sp³-hybridized carbons (Fsp3) is 0.667. The number of benzene rings is 1. The molecule has 0 unspecified atom stereocenters. The highest BCUT2D eigenvalue weighted by Gasteiger charge is 2.48. The zero-order chi connectivity index (χ0) is 21.1. The zero-order valence-corrected chi connectivity index (χ0v) is 18.3. The highest BCUT2D eigenvalue weighted by Crippen LogP contribution is 2.39. The number of nitrogens with one attached hydrogen (secondary N) is 2. The van der Waals surface area contributed by atoms with Crippen molar-refractivity contribution in [3.63, 3.8) is 0 Å². The second-order valence-electron chi connectivity index (χ2n) is 9.29. The third kappa shape index (κ3) is 4.54. The minimum Gasteiger partial charge on any atom is -0.343 e. The summed E-state index contributed by atoms with van der Waals surface area (Å²) in [6, 6.07) is 10.6. The van der Waals surface area contributed by atoms with E-state index in [-0.39, 0.29) is 23.9 Å². The molecule has 1 aromatic carbocycles. The fourth-order valence-corrected chi connectivity index (χ4v) is 5.53. The molecule has 0 spiro atoms. The van der Waals surface area contributed by atoms with Gasteiger partial charge < -0.3 is 20.4 Å². The van der Waals surface area contributed by atoms with E-state index in [1.165, 1.54) is 12.0 Å². The molecule has 4 rings (SSSR count). The van der Waals surface area contributed by atoms with Gasteiger partial charge in [0, 0.05) is 25.2 Å². The van der Waals surface area contributed by atoms with Crippen LogP contribution in [0.25, 0.3) is 0 Å². The number of nitrogens with zero attached hydrogens (tertiary/aromatic N) is 2. The molecule has 3 aliphatic rings. The Bertz CT molecular complexity index is 740. The van der Waals surface area contributed by atoms with E-state index in [2.05, 4.69) is 50.8 Å². The van der Waals surface area contributed by atoms with Gasteiger partial charge in [-0.1, -0.05) is 30.3 Å². The summed E-state index contributed by atoms with van der Waals surface area (Å²) < 4.78 is 0. The van der Waals surface area contributed by atoms with Crippen molar-refractivity contribution in [1.29, 1.82) is 0 Å². The second kappa shape index (κ2) is 9.48. The number of carbonyl (C=O) groups is 2. The van der Waals surface area contributed by atoms with Crippen LogP contribution in [0.5, 0.6) is 0 Å². The molecule has 6 nitrogen and oxygen atoms in total. The number of hydrogen-bond donors (Lipinski definition) is 2. The first kappa shape index (κ1) is 21.3. The molecule has 1 aromatic rings. The monoisotopic (exact) mass is 412 g/mol. The van der Waals surface area contributed by atoms with Crippen molar-refractivity contribution < 1.29 is 9.59 Å². The Kier molecular flexibility index (Phi) is 6.74. The normalized spacial score (nSPS) is 30.3. The Labute approximate surface area is 180 Å². The maximum absolute atomic E-state index is 13.5. The van der Waals surface area contributed by atoms with Gasteiger partial charge >= 0.3 is 0 Å². The van der Waals surface area contributed by atoms with Crippen LogP contribution in [0.1, 0.15) is 44.6 Å². The molecule has 3 heterocycles. The summed E-state index contributed by atoms with van der Waals surface area (Å²) in [5.74, 6) is 0.669. The lowest BCUT2D eigenvalue weighted by molar-refractivity contribution is -0.139. The second-order valence-corrected chi connectivity index (χ2v) is 9.29. The molecule has 5 atom stereocenters. The molecule has 0 aliphatic carbocycles. The van der Waals surface area contributed by atoms with Gasteiger partial charge in [0.1, 0.15) is 6.04 Å². The Hall–Kier alpha value is -1.92. The van der Waals surface area contributed by atoms with Crippen molar-refractivity contribution in [1.82, 2.24) is 20.4 Å². The van der Waals surface area contributed by atoms with Crippen LogP contribution in [0.15, 0.2) is 30.3 Å². The average Bonchev–Trinajstić information content (AvgIpc) is 3.06. The molecular formula is C24H36N4O2. The van der Waals surface area contributed by atoms with Gasteiger partial charge in [-0.2, -0.15) is 0 Å². The first-order chi connectivity index (χ1) is 14.6. The van der Waals surface area contributed by atoms with E-state index >= 15 is 0 Å². The van der Waals surface area contributed by atoms with Crippen LogP contribution in [0.4, 0.5) is 0 Å². The number of rotatable bonds is 6. The molecular weight excluding hydrogens is 376 g/mol. The summed E-state index contributed by atoms with van der Waals surface area (Å²) in [6.07, 6.45) is 6.18. The molecule has 2 amide bonds. The van der Waals surface area contributed by atoms with Gasteiger partial charge in [-0.3, -0.25) is 9.59 Å². The van der Waals surface area contributed by atoms with E-state index in [1.54, 1.807) is 7.05 Å². The summed E-state index contributed by atoms with van der Waals surface area (Å²) in [5.41, 5.74) is 1.37. The van der Waals surface area contributed by atoms with Crippen LogP contribution in [0, 0.1) is 5.92 Å². The van der Waals surface area contributed by atoms with Gasteiger partial charge in [-0.25, -0.2) is 0 Å². The molecule has 3 aliphatic heterocycles. The molecule has 6 heteroatoms. The van der Waals surface area contributed by atoms with E-state index in [4.69, 9.17) is 0 Å². The van der Waals surface area contributed by atoms with Crippen molar-refractivity contribution in [2.45, 2.75) is 69.6 Å². The summed E-state index contributed by atoms with van der Waals surface area (Å²) in [4.78, 5) is 30.6. The molecule has 0 bridgehead atoms. The standard InChI is InChI=1S/C24H36N4O2/c1-17(25-2)23(29)26-21-10-6-9-20-15-19-12-14-27(16-22(19)28(20)24(21)30)13-11-18-7-4-3-5-8-18/h3-5,7-8,17,19-22,25H,6,9-16H2,1-2H3,(H,26,29)/t17-,19+,20+,21-,22+/m0/s1. The maximum atomic E-state index is 13.5. The van der Waals surface area contributed by atoms with Crippen molar-refractivity contribution in [3.8, 4) is 0 Å². The first-order valence-corrected chi connectivity index (χ1v) is 11.6. The Morgan fingerprint density at radius 1 is 1.20 bits per heavy atom. The molecule has 164 valence electrons. The SMILES string of the molecule is CN[C@@H](C)C(=O)N[C@H]1CCC[C@@H]2C[C@H]3CCN(CCc4ccccc4)C[C@H]3N2C1=O. The van der Waals surface area contributed by atoms with Gasteiger partial charge in [0.05, 0.1) is 6.04 Å². The van der Waals surface area contributed by atoms with Crippen LogP contribution in [0.3, 0.4) is 0 Å². The van der Waals surface area contributed by atoms with E-state index in [1.807, 2.05) is 6.92 Å². The first-order valence-electron chi connectivity index (χ1n) is 11.6. The molecule has 3 saturated heterocycles. The summed E-state index contributed by atoms with van der Waals surface area (Å²) in [5, 5.41) is 5.99. The lowest BCUT2D eigenvalue weighted by Gasteiger charge is -2.40. The van der Waals surface area contributed by atoms with Crippen molar-refractivity contribution in [2.75, 3.05) is 26.7 Å². The van der Waals surface area contributed by atoms with Gasteiger partial charge in [-0.05, 0) is 70.5 Å². The average molecular weight is 413 g/mol. The number of piperidine rings is 1. The van der Waals surface area contributed by atoms with E-state index in [0.717, 1.165) is 51.7 Å². The van der Waals surface area contributed by atoms with Crippen LogP contribution in [-0.2, 0) is 16.0 Å². The molecule has 3 fully saturated rings. The van der Waals surface area contributed by atoms with Gasteiger partial charge in [0.25, 0.3) is 0 Å². The number of hydrogen-bond acceptors (Lipinski definition) is 4. The minimum atomic E-state index is -0.378. The maximum Gasteiger partial charge on any atom is 0.245 e. The lowest BCUT2D eigenvalue weighted by Crippen LogP contribution is -2.57. The largest absolute Gasteiger partial charge is 0.343 e. The quantitative estimate of drug-likeness (QED) is 0.748. The zero-order valence-electron chi connectivity index (χ0n) is 18.3. The summed E-state index contributed by atoms with van der Waals surface area (Å²) >= 11 is 0. The summed E-state index contributed by atoms with van der Waals surface area (Å²) in [6.45, 7) is 4.96. The van der Waals surface area contributed by atoms with Crippen LogP contribution >= 0.6 is 0 Å². The highest BCUT2D eigenvalue weighted by atomic mass is 16.2. The molecule has 30 heavy (non-hydrogen) atoms. The Morgan fingerprint density at radius 3 is 2.77 bits per heavy atom. The van der Waals surface area contributed by atoms with E-state index < -0.39 is 0 Å². The predicted molar refractivity (Wildman–Crippen MR) is 118 cm³/mol. The molecule has 0 saturated carbocycles. The molecule has 2 N–H and O–H groups in total. The number of amides is 2. The number of carbonyl (C=O) groups excluding carboxylic acids is 2. The third-order valence-corrected chi connectivity index (χ3v) is 7.42. The van der Waals surface area contributed by atoms with E-state index in [0.29, 0.717) is 18.0 Å². The predicted octanol–water partition coefficient (Wildman–Crippen LogP) is 1.80. The van der Waals surface area contributed by atoms with E-state index in [9.17, 15) is 9.59 Å². The molecule has 0 radical (unpaired) electrons.